The molecule has 154 valence electrons. The topological polar surface area (TPSA) is 125 Å². The summed E-state index contributed by atoms with van der Waals surface area (Å²) in [4.78, 5) is 22.5. The Morgan fingerprint density at radius 2 is 2.23 bits per heavy atom. The predicted octanol–water partition coefficient (Wildman–Crippen LogP) is 2.11. The average Bonchev–Trinajstić information content (AvgIpc) is 3.44. The number of aromatic amines is 1. The van der Waals surface area contributed by atoms with E-state index < -0.39 is 17.6 Å². The van der Waals surface area contributed by atoms with Crippen LogP contribution in [0.25, 0.3) is 5.52 Å². The SMILES string of the molecule is CC(C)(O)c1nnc(C(=O)N2CCc3[nH]cnc3[C@H]2c2cc3c(Cl)cccn3n2)o1. The molecule has 1 aliphatic rings. The number of halogens is 1. The molecule has 0 radical (unpaired) electrons. The third-order valence-corrected chi connectivity index (χ3v) is 5.39. The number of H-pyrrole nitrogens is 1. The Bertz CT molecular complexity index is 1250. The third-order valence-electron chi connectivity index (χ3n) is 5.07. The highest BCUT2D eigenvalue weighted by Gasteiger charge is 2.38. The van der Waals surface area contributed by atoms with Gasteiger partial charge in [0.05, 0.1) is 28.3 Å². The van der Waals surface area contributed by atoms with Crippen LogP contribution in [0, 0.1) is 0 Å². The summed E-state index contributed by atoms with van der Waals surface area (Å²) in [6.45, 7) is 3.42. The number of nitrogens with zero attached hydrogens (tertiary/aromatic N) is 6. The summed E-state index contributed by atoms with van der Waals surface area (Å²) in [6, 6.07) is 4.86. The molecule has 0 unspecified atom stereocenters. The maximum Gasteiger partial charge on any atom is 0.312 e. The van der Waals surface area contributed by atoms with Crippen molar-refractivity contribution in [2.75, 3.05) is 6.54 Å². The highest BCUT2D eigenvalue weighted by molar-refractivity contribution is 6.33. The molecule has 1 amide bonds. The van der Waals surface area contributed by atoms with Crippen LogP contribution in [0.15, 0.2) is 35.1 Å². The number of carbonyl (C=O) groups excluding carboxylic acids is 1. The van der Waals surface area contributed by atoms with Crippen molar-refractivity contribution in [3.8, 4) is 0 Å². The van der Waals surface area contributed by atoms with Crippen molar-refractivity contribution < 1.29 is 14.3 Å². The second-order valence-electron chi connectivity index (χ2n) is 7.64. The fourth-order valence-corrected chi connectivity index (χ4v) is 3.82. The number of aliphatic hydroxyl groups is 1. The molecule has 1 atom stereocenters. The van der Waals surface area contributed by atoms with Gasteiger partial charge in [-0.1, -0.05) is 11.6 Å². The van der Waals surface area contributed by atoms with Gasteiger partial charge in [-0.25, -0.2) is 9.50 Å². The Kier molecular flexibility index (Phi) is 4.16. The molecule has 4 aromatic heterocycles. The number of rotatable bonds is 3. The zero-order chi connectivity index (χ0) is 21.0. The van der Waals surface area contributed by atoms with E-state index in [2.05, 4.69) is 25.3 Å². The van der Waals surface area contributed by atoms with Crippen LogP contribution in [0.5, 0.6) is 0 Å². The molecule has 0 aliphatic carbocycles. The molecule has 5 rings (SSSR count). The molecule has 4 aromatic rings. The van der Waals surface area contributed by atoms with Gasteiger partial charge in [0.15, 0.2) is 0 Å². The van der Waals surface area contributed by atoms with E-state index in [-0.39, 0.29) is 11.8 Å². The Labute approximate surface area is 175 Å². The van der Waals surface area contributed by atoms with Gasteiger partial charge in [0, 0.05) is 24.9 Å². The van der Waals surface area contributed by atoms with Gasteiger partial charge in [-0.2, -0.15) is 5.10 Å². The lowest BCUT2D eigenvalue weighted by Gasteiger charge is -2.32. The van der Waals surface area contributed by atoms with Crippen molar-refractivity contribution in [1.82, 2.24) is 34.7 Å². The minimum atomic E-state index is -1.35. The van der Waals surface area contributed by atoms with Crippen molar-refractivity contribution in [3.63, 3.8) is 0 Å². The Morgan fingerprint density at radius 1 is 1.40 bits per heavy atom. The van der Waals surface area contributed by atoms with Crippen LogP contribution in [0.4, 0.5) is 0 Å². The van der Waals surface area contributed by atoms with Crippen LogP contribution in [0.2, 0.25) is 5.02 Å². The van der Waals surface area contributed by atoms with Crippen LogP contribution >= 0.6 is 11.6 Å². The van der Waals surface area contributed by atoms with E-state index in [4.69, 9.17) is 16.0 Å². The van der Waals surface area contributed by atoms with Gasteiger partial charge in [0.25, 0.3) is 0 Å². The molecular formula is C19H18ClN7O3. The highest BCUT2D eigenvalue weighted by Crippen LogP contribution is 2.35. The van der Waals surface area contributed by atoms with Crippen molar-refractivity contribution >= 4 is 23.0 Å². The standard InChI is InChI=1S/C19H18ClN7O3/c1-19(2,29)18-24-23-16(30-18)17(28)26-7-5-11-14(22-9-21-11)15(26)12-8-13-10(20)4-3-6-27(13)25-12/h3-4,6,8-9,15,29H,5,7H2,1-2H3,(H,21,22)/t15-/m1/s1. The summed E-state index contributed by atoms with van der Waals surface area (Å²) >= 11 is 6.31. The van der Waals surface area contributed by atoms with Gasteiger partial charge in [0.1, 0.15) is 11.6 Å². The number of pyridine rings is 1. The molecule has 0 aromatic carbocycles. The van der Waals surface area contributed by atoms with Gasteiger partial charge >= 0.3 is 11.8 Å². The second kappa shape index (κ2) is 6.64. The van der Waals surface area contributed by atoms with E-state index >= 15 is 0 Å². The van der Waals surface area contributed by atoms with Gasteiger partial charge < -0.3 is 19.4 Å². The van der Waals surface area contributed by atoms with Crippen molar-refractivity contribution in [3.05, 3.63) is 64.6 Å². The number of amides is 1. The average molecular weight is 428 g/mol. The van der Waals surface area contributed by atoms with Gasteiger partial charge in [-0.15, -0.1) is 10.2 Å². The molecule has 0 spiro atoms. The molecule has 0 saturated heterocycles. The number of carbonyl (C=O) groups is 1. The molecule has 2 N–H and O–H groups in total. The van der Waals surface area contributed by atoms with Crippen LogP contribution < -0.4 is 0 Å². The number of hydrogen-bond acceptors (Lipinski definition) is 7. The van der Waals surface area contributed by atoms with Crippen LogP contribution in [0.1, 0.15) is 53.5 Å². The predicted molar refractivity (Wildman–Crippen MR) is 105 cm³/mol. The smallest absolute Gasteiger partial charge is 0.312 e. The zero-order valence-corrected chi connectivity index (χ0v) is 17.0. The van der Waals surface area contributed by atoms with Crippen molar-refractivity contribution in [2.24, 2.45) is 0 Å². The normalized spacial score (nSPS) is 16.8. The summed E-state index contributed by atoms with van der Waals surface area (Å²) in [6.07, 6.45) is 3.99. The van der Waals surface area contributed by atoms with E-state index in [1.165, 1.54) is 13.8 Å². The molecular weight excluding hydrogens is 410 g/mol. The first-order valence-electron chi connectivity index (χ1n) is 9.36. The number of hydrogen-bond donors (Lipinski definition) is 2. The monoisotopic (exact) mass is 427 g/mol. The molecule has 0 saturated carbocycles. The van der Waals surface area contributed by atoms with Crippen molar-refractivity contribution in [2.45, 2.75) is 31.9 Å². The lowest BCUT2D eigenvalue weighted by molar-refractivity contribution is 0.0440. The van der Waals surface area contributed by atoms with Crippen LogP contribution in [0.3, 0.4) is 0 Å². The first kappa shape index (κ1) is 18.8. The fourth-order valence-electron chi connectivity index (χ4n) is 3.61. The third kappa shape index (κ3) is 2.96. The summed E-state index contributed by atoms with van der Waals surface area (Å²) < 4.78 is 7.12. The van der Waals surface area contributed by atoms with E-state index in [9.17, 15) is 9.90 Å². The van der Waals surface area contributed by atoms with Gasteiger partial charge in [-0.05, 0) is 32.0 Å². The highest BCUT2D eigenvalue weighted by atomic mass is 35.5. The van der Waals surface area contributed by atoms with Crippen molar-refractivity contribution in [1.29, 1.82) is 0 Å². The Morgan fingerprint density at radius 3 is 2.97 bits per heavy atom. The minimum absolute atomic E-state index is 0.0284. The van der Waals surface area contributed by atoms with E-state index in [1.54, 1.807) is 34.1 Å². The van der Waals surface area contributed by atoms with Crippen LogP contribution in [-0.2, 0) is 12.0 Å². The molecule has 0 bridgehead atoms. The Hall–Kier alpha value is -3.24. The quantitative estimate of drug-likeness (QED) is 0.512. The zero-order valence-electron chi connectivity index (χ0n) is 16.2. The molecule has 30 heavy (non-hydrogen) atoms. The number of nitrogens with one attached hydrogen (secondary N) is 1. The van der Waals surface area contributed by atoms with E-state index in [0.29, 0.717) is 29.4 Å². The first-order chi connectivity index (χ1) is 14.3. The molecule has 5 heterocycles. The molecule has 0 fully saturated rings. The lowest BCUT2D eigenvalue weighted by atomic mass is 9.99. The maximum atomic E-state index is 13.3. The number of imidazole rings is 1. The van der Waals surface area contributed by atoms with Crippen LogP contribution in [-0.4, -0.2) is 52.2 Å². The Balaban J connectivity index is 1.59. The lowest BCUT2D eigenvalue weighted by Crippen LogP contribution is -2.41. The molecule has 11 heteroatoms. The summed E-state index contributed by atoms with van der Waals surface area (Å²) in [7, 11) is 0. The number of aromatic nitrogens is 6. The molecule has 1 aliphatic heterocycles. The van der Waals surface area contributed by atoms with E-state index in [1.807, 2.05) is 6.07 Å². The first-order valence-corrected chi connectivity index (χ1v) is 9.74. The molecule has 10 nitrogen and oxygen atoms in total. The van der Waals surface area contributed by atoms with Gasteiger partial charge in [-0.3, -0.25) is 4.79 Å². The van der Waals surface area contributed by atoms with E-state index in [0.717, 1.165) is 11.2 Å². The van der Waals surface area contributed by atoms with Gasteiger partial charge in [0.2, 0.25) is 5.89 Å². The largest absolute Gasteiger partial charge is 0.414 e. The summed E-state index contributed by atoms with van der Waals surface area (Å²) in [5, 5.41) is 22.9. The minimum Gasteiger partial charge on any atom is -0.414 e. The summed E-state index contributed by atoms with van der Waals surface area (Å²) in [5.74, 6) is -0.683. The number of fused-ring (bicyclic) bond motifs is 2. The summed E-state index contributed by atoms with van der Waals surface area (Å²) in [5.41, 5.74) is 1.64. The maximum absolute atomic E-state index is 13.3. The second-order valence-corrected chi connectivity index (χ2v) is 8.05. The fraction of sp³-hybridized carbons (Fsp3) is 0.316.